The van der Waals surface area contributed by atoms with E-state index in [2.05, 4.69) is 10.6 Å². The van der Waals surface area contributed by atoms with Crippen LogP contribution in [0.3, 0.4) is 0 Å². The summed E-state index contributed by atoms with van der Waals surface area (Å²) in [5.41, 5.74) is 0.899. The van der Waals surface area contributed by atoms with Crippen molar-refractivity contribution in [2.45, 2.75) is 31.5 Å². The maximum absolute atomic E-state index is 11.8. The lowest BCUT2D eigenvalue weighted by atomic mass is 9.96. The largest absolute Gasteiger partial charge is 0.465 e. The number of hydrogen-bond donors (Lipinski definition) is 3. The van der Waals surface area contributed by atoms with Gasteiger partial charge in [0.2, 0.25) is 0 Å². The van der Waals surface area contributed by atoms with E-state index in [0.29, 0.717) is 12.8 Å². The van der Waals surface area contributed by atoms with Crippen LogP contribution in [0.4, 0.5) is 9.59 Å². The molecule has 112 valence electrons. The highest BCUT2D eigenvalue weighted by atomic mass is 16.5. The van der Waals surface area contributed by atoms with E-state index >= 15 is 0 Å². The molecule has 6 heteroatoms. The smallest absolute Gasteiger partial charge is 0.407 e. The predicted octanol–water partition coefficient (Wildman–Crippen LogP) is 2.27. The molecule has 0 radical (unpaired) electrons. The van der Waals surface area contributed by atoms with Crippen molar-refractivity contribution in [3.8, 4) is 0 Å². The van der Waals surface area contributed by atoms with Gasteiger partial charge in [-0.15, -0.1) is 0 Å². The Morgan fingerprint density at radius 3 is 2.33 bits per heavy atom. The fraction of sp³-hybridized carbons (Fsp3) is 0.333. The highest BCUT2D eigenvalue weighted by Crippen LogP contribution is 2.12. The van der Waals surface area contributed by atoms with Crippen LogP contribution in [0.2, 0.25) is 0 Å². The topological polar surface area (TPSA) is 87.7 Å². The number of carbonyl (C=O) groups is 2. The molecule has 3 N–H and O–H groups in total. The fourth-order valence-corrected chi connectivity index (χ4v) is 2.21. The zero-order valence-electron chi connectivity index (χ0n) is 11.5. The Morgan fingerprint density at radius 2 is 1.71 bits per heavy atom. The summed E-state index contributed by atoms with van der Waals surface area (Å²) in [7, 11) is 0. The Kier molecular flexibility index (Phi) is 5.20. The van der Waals surface area contributed by atoms with Gasteiger partial charge < -0.3 is 20.5 Å². The third-order valence-electron chi connectivity index (χ3n) is 3.26. The number of alkyl carbamates (subject to hydrolysis) is 1. The molecule has 0 unspecified atom stereocenters. The Morgan fingerprint density at radius 1 is 1.10 bits per heavy atom. The lowest BCUT2D eigenvalue weighted by molar-refractivity contribution is 0.131. The quantitative estimate of drug-likeness (QED) is 0.742. The van der Waals surface area contributed by atoms with Gasteiger partial charge in [-0.05, 0) is 18.4 Å². The van der Waals surface area contributed by atoms with Crippen LogP contribution in [0.1, 0.15) is 18.4 Å². The molecule has 0 fully saturated rings. The Balaban J connectivity index is 1.83. The molecule has 1 aromatic carbocycles. The molecule has 0 spiro atoms. The van der Waals surface area contributed by atoms with E-state index in [0.717, 1.165) is 5.56 Å². The molecule has 1 aromatic rings. The van der Waals surface area contributed by atoms with E-state index in [1.807, 2.05) is 42.5 Å². The van der Waals surface area contributed by atoms with Crippen LogP contribution in [-0.2, 0) is 11.3 Å². The van der Waals surface area contributed by atoms with Gasteiger partial charge in [-0.2, -0.15) is 0 Å². The van der Waals surface area contributed by atoms with Crippen molar-refractivity contribution in [3.63, 3.8) is 0 Å². The second kappa shape index (κ2) is 7.33. The van der Waals surface area contributed by atoms with Crippen LogP contribution in [0.15, 0.2) is 42.5 Å². The lowest BCUT2D eigenvalue weighted by Gasteiger charge is -2.28. The molecule has 0 heterocycles. The first kappa shape index (κ1) is 14.9. The molecular formula is C15H18N2O4. The van der Waals surface area contributed by atoms with E-state index in [9.17, 15) is 9.59 Å². The van der Waals surface area contributed by atoms with E-state index in [1.54, 1.807) is 0 Å². The zero-order valence-corrected chi connectivity index (χ0v) is 11.5. The minimum atomic E-state index is -1.10. The Hall–Kier alpha value is -2.50. The Labute approximate surface area is 122 Å². The number of ether oxygens (including phenoxy) is 1. The molecule has 1 aliphatic carbocycles. The van der Waals surface area contributed by atoms with Gasteiger partial charge in [-0.25, -0.2) is 9.59 Å². The number of carboxylic acid groups (broad SMARTS) is 1. The zero-order chi connectivity index (χ0) is 15.1. The van der Waals surface area contributed by atoms with Crippen molar-refractivity contribution in [1.82, 2.24) is 10.6 Å². The van der Waals surface area contributed by atoms with Crippen molar-refractivity contribution in [3.05, 3.63) is 48.0 Å². The standard InChI is InChI=1S/C15H18N2O4/c18-14(19)16-12-8-4-5-9-13(12)17-15(20)21-10-11-6-2-1-3-7-11/h1-7,12-13,16H,8-10H2,(H,17,20)(H,18,19)/t12-,13-/m1/s1. The van der Waals surface area contributed by atoms with Crippen LogP contribution in [-0.4, -0.2) is 29.4 Å². The first-order chi connectivity index (χ1) is 10.1. The summed E-state index contributed by atoms with van der Waals surface area (Å²) in [6, 6.07) is 8.73. The fourth-order valence-electron chi connectivity index (χ4n) is 2.21. The first-order valence-electron chi connectivity index (χ1n) is 6.77. The molecule has 0 aromatic heterocycles. The average molecular weight is 290 g/mol. The second-order valence-corrected chi connectivity index (χ2v) is 4.81. The SMILES string of the molecule is O=C(O)N[C@@H]1CC=CC[C@H]1NC(=O)OCc1ccccc1. The molecule has 2 amide bonds. The van der Waals surface area contributed by atoms with Crippen LogP contribution in [0, 0.1) is 0 Å². The van der Waals surface area contributed by atoms with Crippen molar-refractivity contribution in [2.24, 2.45) is 0 Å². The van der Waals surface area contributed by atoms with Crippen LogP contribution < -0.4 is 10.6 Å². The Bertz CT molecular complexity index is 516. The van der Waals surface area contributed by atoms with E-state index < -0.39 is 12.2 Å². The predicted molar refractivity (Wildman–Crippen MR) is 76.9 cm³/mol. The van der Waals surface area contributed by atoms with Gasteiger partial charge in [0.15, 0.2) is 0 Å². The van der Waals surface area contributed by atoms with Gasteiger partial charge in [0.25, 0.3) is 0 Å². The van der Waals surface area contributed by atoms with Gasteiger partial charge in [0.05, 0.1) is 12.1 Å². The van der Waals surface area contributed by atoms with Crippen molar-refractivity contribution < 1.29 is 19.4 Å². The molecule has 2 atom stereocenters. The van der Waals surface area contributed by atoms with Gasteiger partial charge in [-0.3, -0.25) is 0 Å². The summed E-state index contributed by atoms with van der Waals surface area (Å²) in [6.07, 6.45) is 3.30. The summed E-state index contributed by atoms with van der Waals surface area (Å²) >= 11 is 0. The highest BCUT2D eigenvalue weighted by molar-refractivity contribution is 5.68. The molecule has 0 aliphatic heterocycles. The number of benzene rings is 1. The van der Waals surface area contributed by atoms with Crippen LogP contribution in [0.5, 0.6) is 0 Å². The van der Waals surface area contributed by atoms with Crippen LogP contribution in [0.25, 0.3) is 0 Å². The highest BCUT2D eigenvalue weighted by Gasteiger charge is 2.25. The van der Waals surface area contributed by atoms with Gasteiger partial charge in [0.1, 0.15) is 6.61 Å². The molecule has 6 nitrogen and oxygen atoms in total. The maximum atomic E-state index is 11.8. The third kappa shape index (κ3) is 4.83. The second-order valence-electron chi connectivity index (χ2n) is 4.81. The summed E-state index contributed by atoms with van der Waals surface area (Å²) in [5, 5.41) is 13.9. The maximum Gasteiger partial charge on any atom is 0.407 e. The average Bonchev–Trinajstić information content (AvgIpc) is 2.48. The molecule has 0 saturated heterocycles. The van der Waals surface area contributed by atoms with E-state index in [4.69, 9.17) is 9.84 Å². The minimum absolute atomic E-state index is 0.187. The molecule has 21 heavy (non-hydrogen) atoms. The molecule has 2 rings (SSSR count). The van der Waals surface area contributed by atoms with Crippen molar-refractivity contribution >= 4 is 12.2 Å². The first-order valence-corrected chi connectivity index (χ1v) is 6.77. The number of amides is 2. The van der Waals surface area contributed by atoms with Gasteiger partial charge in [-0.1, -0.05) is 42.5 Å². The molecular weight excluding hydrogens is 272 g/mol. The summed E-state index contributed by atoms with van der Waals surface area (Å²) < 4.78 is 5.13. The third-order valence-corrected chi connectivity index (χ3v) is 3.26. The van der Waals surface area contributed by atoms with E-state index in [-0.39, 0.29) is 18.7 Å². The minimum Gasteiger partial charge on any atom is -0.465 e. The van der Waals surface area contributed by atoms with Gasteiger partial charge in [0, 0.05) is 0 Å². The number of carbonyl (C=O) groups excluding carboxylic acids is 1. The monoisotopic (exact) mass is 290 g/mol. The number of nitrogens with one attached hydrogen (secondary N) is 2. The molecule has 0 saturated carbocycles. The molecule has 1 aliphatic rings. The van der Waals surface area contributed by atoms with Gasteiger partial charge >= 0.3 is 12.2 Å². The summed E-state index contributed by atoms with van der Waals surface area (Å²) in [4.78, 5) is 22.5. The number of hydrogen-bond acceptors (Lipinski definition) is 3. The molecule has 0 bridgehead atoms. The summed E-state index contributed by atoms with van der Waals surface area (Å²) in [5.74, 6) is 0. The van der Waals surface area contributed by atoms with Crippen molar-refractivity contribution in [1.29, 1.82) is 0 Å². The normalized spacial score (nSPS) is 20.6. The number of rotatable bonds is 4. The van der Waals surface area contributed by atoms with Crippen molar-refractivity contribution in [2.75, 3.05) is 0 Å². The van der Waals surface area contributed by atoms with E-state index in [1.165, 1.54) is 0 Å². The van der Waals surface area contributed by atoms with Crippen LogP contribution >= 0.6 is 0 Å². The summed E-state index contributed by atoms with van der Waals surface area (Å²) in [6.45, 7) is 0.187. The lowest BCUT2D eigenvalue weighted by Crippen LogP contribution is -2.52.